The minimum atomic E-state index is -0.541. The van der Waals surface area contributed by atoms with E-state index in [0.717, 1.165) is 14.8 Å². The molecule has 2 rings (SSSR count). The minimum Gasteiger partial charge on any atom is -0.444 e. The third-order valence-corrected chi connectivity index (χ3v) is 3.82. The summed E-state index contributed by atoms with van der Waals surface area (Å²) in [4.78, 5) is 12.9. The van der Waals surface area contributed by atoms with Crippen LogP contribution in [0, 0.1) is 0 Å². The Morgan fingerprint density at radius 1 is 1.41 bits per heavy atom. The van der Waals surface area contributed by atoms with E-state index in [2.05, 4.69) is 20.8 Å². The van der Waals surface area contributed by atoms with Crippen LogP contribution in [0.1, 0.15) is 31.2 Å². The van der Waals surface area contributed by atoms with Gasteiger partial charge in [0.05, 0.1) is 10.5 Å². The zero-order valence-electron chi connectivity index (χ0n) is 12.7. The van der Waals surface area contributed by atoms with E-state index >= 15 is 0 Å². The van der Waals surface area contributed by atoms with Crippen molar-refractivity contribution in [1.82, 2.24) is 15.5 Å². The number of nitrogens with zero attached hydrogens (tertiary/aromatic N) is 1. The molecule has 0 bridgehead atoms. The van der Waals surface area contributed by atoms with Gasteiger partial charge in [-0.1, -0.05) is 11.6 Å². The SMILES string of the molecule is CC(C)(C)OC(=O)Nc1[nH]ncc1CNCc1ccc(Cl)s1. The second-order valence-corrected chi connectivity index (χ2v) is 7.51. The van der Waals surface area contributed by atoms with Gasteiger partial charge in [0.15, 0.2) is 0 Å². The molecule has 0 saturated heterocycles. The van der Waals surface area contributed by atoms with Gasteiger partial charge < -0.3 is 10.1 Å². The van der Waals surface area contributed by atoms with Gasteiger partial charge in [-0.05, 0) is 32.9 Å². The zero-order valence-corrected chi connectivity index (χ0v) is 14.3. The maximum Gasteiger partial charge on any atom is 0.413 e. The minimum absolute atomic E-state index is 0.511. The van der Waals surface area contributed by atoms with Crippen LogP contribution in [0.25, 0.3) is 0 Å². The first-order chi connectivity index (χ1) is 10.3. The standard InChI is InChI=1S/C14H19ClN4O2S/c1-14(2,3)21-13(20)18-12-9(7-17-19-12)6-16-8-10-4-5-11(15)22-10/h4-5,7,16H,6,8H2,1-3H3,(H2,17,18,19,20). The van der Waals surface area contributed by atoms with Crippen molar-refractivity contribution >= 4 is 34.8 Å². The van der Waals surface area contributed by atoms with Crippen LogP contribution in [-0.2, 0) is 17.8 Å². The van der Waals surface area contributed by atoms with Crippen LogP contribution in [0.15, 0.2) is 18.3 Å². The zero-order chi connectivity index (χ0) is 16.2. The van der Waals surface area contributed by atoms with Crippen molar-refractivity contribution in [3.63, 3.8) is 0 Å². The number of aromatic nitrogens is 2. The van der Waals surface area contributed by atoms with Crippen molar-refractivity contribution in [1.29, 1.82) is 0 Å². The van der Waals surface area contributed by atoms with Crippen LogP contribution >= 0.6 is 22.9 Å². The molecule has 8 heteroatoms. The second kappa shape index (κ2) is 7.13. The number of carbonyl (C=O) groups is 1. The van der Waals surface area contributed by atoms with E-state index in [-0.39, 0.29) is 0 Å². The predicted octanol–water partition coefficient (Wildman–Crippen LogP) is 3.76. The summed E-state index contributed by atoms with van der Waals surface area (Å²) in [5.41, 5.74) is 0.314. The van der Waals surface area contributed by atoms with Crippen molar-refractivity contribution < 1.29 is 9.53 Å². The third-order valence-electron chi connectivity index (χ3n) is 2.59. The predicted molar refractivity (Wildman–Crippen MR) is 88.3 cm³/mol. The average molecular weight is 343 g/mol. The lowest BCUT2D eigenvalue weighted by Crippen LogP contribution is -2.27. The Bertz CT molecular complexity index is 633. The summed E-state index contributed by atoms with van der Waals surface area (Å²) < 4.78 is 5.98. The van der Waals surface area contributed by atoms with Gasteiger partial charge in [0.1, 0.15) is 11.4 Å². The summed E-state index contributed by atoms with van der Waals surface area (Å²) in [6.07, 6.45) is 1.16. The van der Waals surface area contributed by atoms with Crippen molar-refractivity contribution in [2.45, 2.75) is 39.5 Å². The molecular formula is C14H19ClN4O2S. The van der Waals surface area contributed by atoms with Gasteiger partial charge in [-0.2, -0.15) is 5.10 Å². The quantitative estimate of drug-likeness (QED) is 0.773. The number of hydrogen-bond donors (Lipinski definition) is 3. The summed E-state index contributed by atoms with van der Waals surface area (Å²) in [6.45, 7) is 6.71. The van der Waals surface area contributed by atoms with E-state index < -0.39 is 11.7 Å². The Labute approximate surface area is 138 Å². The van der Waals surface area contributed by atoms with Crippen LogP contribution in [0.4, 0.5) is 10.6 Å². The summed E-state index contributed by atoms with van der Waals surface area (Å²) in [5, 5.41) is 12.6. The Morgan fingerprint density at radius 2 is 2.18 bits per heavy atom. The van der Waals surface area contributed by atoms with Gasteiger partial charge in [0.2, 0.25) is 0 Å². The lowest BCUT2D eigenvalue weighted by molar-refractivity contribution is 0.0635. The molecule has 22 heavy (non-hydrogen) atoms. The van der Waals surface area contributed by atoms with Crippen LogP contribution in [0.5, 0.6) is 0 Å². The van der Waals surface area contributed by atoms with Gasteiger partial charge in [-0.15, -0.1) is 11.3 Å². The highest BCUT2D eigenvalue weighted by atomic mass is 35.5. The molecule has 6 nitrogen and oxygen atoms in total. The third kappa shape index (κ3) is 5.32. The highest BCUT2D eigenvalue weighted by molar-refractivity contribution is 7.16. The number of carbonyl (C=O) groups excluding carboxylic acids is 1. The molecule has 0 unspecified atom stereocenters. The molecule has 3 N–H and O–H groups in total. The van der Waals surface area contributed by atoms with Gasteiger partial charge in [-0.3, -0.25) is 10.4 Å². The monoisotopic (exact) mass is 342 g/mol. The maximum absolute atomic E-state index is 11.8. The topological polar surface area (TPSA) is 79.0 Å². The molecule has 0 aliphatic heterocycles. The number of halogens is 1. The van der Waals surface area contributed by atoms with Crippen molar-refractivity contribution in [2.24, 2.45) is 0 Å². The molecule has 0 aromatic carbocycles. The number of ether oxygens (including phenoxy) is 1. The van der Waals surface area contributed by atoms with E-state index in [0.29, 0.717) is 18.9 Å². The highest BCUT2D eigenvalue weighted by Gasteiger charge is 2.17. The largest absolute Gasteiger partial charge is 0.444 e. The van der Waals surface area contributed by atoms with Gasteiger partial charge in [0.25, 0.3) is 0 Å². The molecule has 120 valence electrons. The summed E-state index contributed by atoms with van der Waals surface area (Å²) >= 11 is 7.42. The van der Waals surface area contributed by atoms with Crippen molar-refractivity contribution in [2.75, 3.05) is 5.32 Å². The first-order valence-corrected chi connectivity index (χ1v) is 8.00. The first kappa shape index (κ1) is 16.8. The summed E-state index contributed by atoms with van der Waals surface area (Å²) in [5.74, 6) is 0.533. The molecule has 2 heterocycles. The number of hydrogen-bond acceptors (Lipinski definition) is 5. The summed E-state index contributed by atoms with van der Waals surface area (Å²) in [7, 11) is 0. The maximum atomic E-state index is 11.8. The smallest absolute Gasteiger partial charge is 0.413 e. The van der Waals surface area contributed by atoms with Crippen LogP contribution in [0.3, 0.4) is 0 Å². The number of rotatable bonds is 5. The molecular weight excluding hydrogens is 324 g/mol. The Kier molecular flexibility index (Phi) is 5.44. The molecule has 0 spiro atoms. The number of thiophene rings is 1. The molecule has 0 aliphatic rings. The van der Waals surface area contributed by atoms with Crippen molar-refractivity contribution in [3.05, 3.63) is 33.1 Å². The molecule has 0 atom stereocenters. The Balaban J connectivity index is 1.85. The van der Waals surface area contributed by atoms with Crippen LogP contribution < -0.4 is 10.6 Å². The fourth-order valence-electron chi connectivity index (χ4n) is 1.73. The van der Waals surface area contributed by atoms with Gasteiger partial charge in [0, 0.05) is 23.5 Å². The fourth-order valence-corrected chi connectivity index (χ4v) is 2.78. The second-order valence-electron chi connectivity index (χ2n) is 5.71. The number of amides is 1. The number of aromatic amines is 1. The Hall–Kier alpha value is -1.57. The van der Waals surface area contributed by atoms with Gasteiger partial charge >= 0.3 is 6.09 Å². The first-order valence-electron chi connectivity index (χ1n) is 6.80. The molecule has 2 aromatic rings. The molecule has 0 aliphatic carbocycles. The van der Waals surface area contributed by atoms with E-state index in [1.165, 1.54) is 11.3 Å². The van der Waals surface area contributed by atoms with E-state index in [4.69, 9.17) is 16.3 Å². The van der Waals surface area contributed by atoms with E-state index in [9.17, 15) is 4.79 Å². The lowest BCUT2D eigenvalue weighted by atomic mass is 10.2. The normalized spacial score (nSPS) is 11.5. The van der Waals surface area contributed by atoms with Crippen LogP contribution in [-0.4, -0.2) is 21.9 Å². The molecule has 1 amide bonds. The molecule has 0 radical (unpaired) electrons. The summed E-state index contributed by atoms with van der Waals surface area (Å²) in [6, 6.07) is 3.85. The lowest BCUT2D eigenvalue weighted by Gasteiger charge is -2.19. The van der Waals surface area contributed by atoms with E-state index in [1.807, 2.05) is 32.9 Å². The molecule has 2 aromatic heterocycles. The van der Waals surface area contributed by atoms with E-state index in [1.54, 1.807) is 6.20 Å². The average Bonchev–Trinajstić information content (AvgIpc) is 2.97. The van der Waals surface area contributed by atoms with Crippen LogP contribution in [0.2, 0.25) is 4.34 Å². The fraction of sp³-hybridized carbons (Fsp3) is 0.429. The molecule has 0 fully saturated rings. The van der Waals surface area contributed by atoms with Crippen molar-refractivity contribution in [3.8, 4) is 0 Å². The number of anilines is 1. The van der Waals surface area contributed by atoms with Gasteiger partial charge in [-0.25, -0.2) is 4.79 Å². The highest BCUT2D eigenvalue weighted by Crippen LogP contribution is 2.21. The number of H-pyrrole nitrogens is 1. The molecule has 0 saturated carbocycles. The Morgan fingerprint density at radius 3 is 2.82 bits per heavy atom. The number of nitrogens with one attached hydrogen (secondary N) is 3.